The van der Waals surface area contributed by atoms with Crippen LogP contribution in [0.5, 0.6) is 0 Å². The minimum Gasteiger partial charge on any atom is -0.372 e. The summed E-state index contributed by atoms with van der Waals surface area (Å²) < 4.78 is 4.11. The van der Waals surface area contributed by atoms with Gasteiger partial charge in [0.15, 0.2) is 5.00 Å². The van der Waals surface area contributed by atoms with Crippen molar-refractivity contribution in [3.8, 4) is 6.07 Å². The molecular weight excluding hydrogens is 318 g/mol. The molecule has 7 heteroatoms. The summed E-state index contributed by atoms with van der Waals surface area (Å²) in [6.07, 6.45) is 0. The smallest absolute Gasteiger partial charge is 0.176 e. The number of nitrogens with zero attached hydrogens (tertiary/aromatic N) is 5. The van der Waals surface area contributed by atoms with Crippen molar-refractivity contribution in [1.29, 1.82) is 5.26 Å². The maximum atomic E-state index is 9.08. The van der Waals surface area contributed by atoms with E-state index in [-0.39, 0.29) is 0 Å². The molecule has 0 spiro atoms. The highest BCUT2D eigenvalue weighted by Gasteiger charge is 2.10. The summed E-state index contributed by atoms with van der Waals surface area (Å²) in [5, 5.41) is 18.4. The van der Waals surface area contributed by atoms with E-state index in [0.29, 0.717) is 27.0 Å². The maximum absolute atomic E-state index is 9.08. The first kappa shape index (κ1) is 16.4. The lowest BCUT2D eigenvalue weighted by Crippen LogP contribution is -2.21. The fourth-order valence-corrected chi connectivity index (χ4v) is 2.91. The van der Waals surface area contributed by atoms with Gasteiger partial charge < -0.3 is 4.90 Å². The second-order valence-electron chi connectivity index (χ2n) is 4.57. The number of aryl methyl sites for hydroxylation is 1. The molecule has 22 heavy (non-hydrogen) atoms. The van der Waals surface area contributed by atoms with E-state index in [1.54, 1.807) is 6.92 Å². The van der Waals surface area contributed by atoms with E-state index < -0.39 is 0 Å². The van der Waals surface area contributed by atoms with Crippen LogP contribution in [0.2, 0.25) is 5.02 Å². The molecule has 2 aromatic rings. The number of hydrogen-bond acceptors (Lipinski definition) is 6. The number of anilines is 1. The summed E-state index contributed by atoms with van der Waals surface area (Å²) in [5.41, 5.74) is 2.77. The fraction of sp³-hybridized carbons (Fsp3) is 0.333. The number of benzene rings is 1. The molecule has 0 saturated heterocycles. The van der Waals surface area contributed by atoms with Gasteiger partial charge in [0.25, 0.3) is 0 Å². The van der Waals surface area contributed by atoms with Crippen LogP contribution in [0, 0.1) is 18.3 Å². The van der Waals surface area contributed by atoms with Gasteiger partial charge in [-0.2, -0.15) is 9.64 Å². The van der Waals surface area contributed by atoms with Crippen molar-refractivity contribution in [3.63, 3.8) is 0 Å². The van der Waals surface area contributed by atoms with Crippen LogP contribution in [0.4, 0.5) is 16.4 Å². The van der Waals surface area contributed by atoms with E-state index >= 15 is 0 Å². The van der Waals surface area contributed by atoms with Crippen LogP contribution in [0.1, 0.15) is 25.1 Å². The van der Waals surface area contributed by atoms with Gasteiger partial charge >= 0.3 is 0 Å². The Hall–Kier alpha value is -1.97. The van der Waals surface area contributed by atoms with Crippen molar-refractivity contribution < 1.29 is 0 Å². The normalized spacial score (nSPS) is 10.9. The SMILES string of the molecule is CCN(CC)c1ccc(/N=N/c2snc(C)c2C#N)c(Cl)c1. The Morgan fingerprint density at radius 1 is 1.32 bits per heavy atom. The molecule has 0 N–H and O–H groups in total. The molecule has 0 aliphatic heterocycles. The summed E-state index contributed by atoms with van der Waals surface area (Å²) in [6.45, 7) is 7.81. The Morgan fingerprint density at radius 2 is 2.05 bits per heavy atom. The van der Waals surface area contributed by atoms with E-state index in [4.69, 9.17) is 16.9 Å². The first-order chi connectivity index (χ1) is 10.6. The second-order valence-corrected chi connectivity index (χ2v) is 5.73. The topological polar surface area (TPSA) is 64.6 Å². The molecule has 114 valence electrons. The number of halogens is 1. The molecule has 0 radical (unpaired) electrons. The molecule has 0 bridgehead atoms. The largest absolute Gasteiger partial charge is 0.372 e. The van der Waals surface area contributed by atoms with Gasteiger partial charge in [0.05, 0.1) is 10.7 Å². The molecule has 0 aliphatic carbocycles. The van der Waals surface area contributed by atoms with Crippen molar-refractivity contribution in [2.75, 3.05) is 18.0 Å². The van der Waals surface area contributed by atoms with E-state index in [9.17, 15) is 0 Å². The van der Waals surface area contributed by atoms with Gasteiger partial charge in [0, 0.05) is 18.8 Å². The number of azo groups is 1. The van der Waals surface area contributed by atoms with Gasteiger partial charge in [-0.15, -0.1) is 10.2 Å². The Kier molecular flexibility index (Phi) is 5.47. The van der Waals surface area contributed by atoms with Gasteiger partial charge in [-0.25, -0.2) is 0 Å². The lowest BCUT2D eigenvalue weighted by Gasteiger charge is -2.21. The third-order valence-electron chi connectivity index (χ3n) is 3.26. The molecule has 5 nitrogen and oxygen atoms in total. The van der Waals surface area contributed by atoms with Crippen LogP contribution in [0.15, 0.2) is 28.4 Å². The number of aromatic nitrogens is 1. The Labute approximate surface area is 139 Å². The summed E-state index contributed by atoms with van der Waals surface area (Å²) in [6, 6.07) is 7.77. The quantitative estimate of drug-likeness (QED) is 0.703. The summed E-state index contributed by atoms with van der Waals surface area (Å²) in [7, 11) is 0. The highest BCUT2D eigenvalue weighted by molar-refractivity contribution is 7.10. The van der Waals surface area contributed by atoms with Gasteiger partial charge in [0.2, 0.25) is 0 Å². The zero-order valence-electron chi connectivity index (χ0n) is 12.7. The predicted octanol–water partition coefficient (Wildman–Crippen LogP) is 5.24. The van der Waals surface area contributed by atoms with Gasteiger partial charge in [-0.05, 0) is 50.5 Å². The molecule has 0 aliphatic rings. The van der Waals surface area contributed by atoms with Crippen LogP contribution in [0.25, 0.3) is 0 Å². The van der Waals surface area contributed by atoms with Crippen molar-refractivity contribution in [1.82, 2.24) is 4.37 Å². The molecule has 2 rings (SSSR count). The average Bonchev–Trinajstić information content (AvgIpc) is 2.87. The van der Waals surface area contributed by atoms with Crippen LogP contribution < -0.4 is 4.90 Å². The van der Waals surface area contributed by atoms with Crippen LogP contribution >= 0.6 is 23.1 Å². The van der Waals surface area contributed by atoms with E-state index in [1.807, 2.05) is 18.2 Å². The van der Waals surface area contributed by atoms with E-state index in [1.165, 1.54) is 0 Å². The summed E-state index contributed by atoms with van der Waals surface area (Å²) >= 11 is 7.43. The molecule has 0 saturated carbocycles. The average molecular weight is 334 g/mol. The van der Waals surface area contributed by atoms with E-state index in [2.05, 4.69) is 39.4 Å². The zero-order chi connectivity index (χ0) is 16.1. The van der Waals surface area contributed by atoms with Gasteiger partial charge in [-0.1, -0.05) is 11.6 Å². The molecule has 0 fully saturated rings. The lowest BCUT2D eigenvalue weighted by atomic mass is 10.2. The second kappa shape index (κ2) is 7.34. The minimum absolute atomic E-state index is 0.463. The molecule has 1 heterocycles. The molecule has 0 unspecified atom stereocenters. The van der Waals surface area contributed by atoms with Crippen LogP contribution in [-0.4, -0.2) is 17.5 Å². The lowest BCUT2D eigenvalue weighted by molar-refractivity contribution is 0.866. The standard InChI is InChI=1S/C15H16ClN5S/c1-4-21(5-2)11-6-7-14(13(16)8-11)18-19-15-12(9-17)10(3)20-22-15/h6-8H,4-5H2,1-3H3/b19-18+. The first-order valence-electron chi connectivity index (χ1n) is 6.93. The summed E-state index contributed by atoms with van der Waals surface area (Å²) in [5.74, 6) is 0. The maximum Gasteiger partial charge on any atom is 0.176 e. The Balaban J connectivity index is 2.27. The molecular formula is C15H16ClN5S. The Morgan fingerprint density at radius 3 is 2.64 bits per heavy atom. The van der Waals surface area contributed by atoms with Crippen molar-refractivity contribution in [2.45, 2.75) is 20.8 Å². The van der Waals surface area contributed by atoms with Crippen molar-refractivity contribution in [2.24, 2.45) is 10.2 Å². The van der Waals surface area contributed by atoms with Gasteiger partial charge in [0.1, 0.15) is 17.3 Å². The number of hydrogen-bond donors (Lipinski definition) is 0. The monoisotopic (exact) mass is 333 g/mol. The van der Waals surface area contributed by atoms with Crippen LogP contribution in [-0.2, 0) is 0 Å². The fourth-order valence-electron chi connectivity index (χ4n) is 2.02. The predicted molar refractivity (Wildman–Crippen MR) is 90.8 cm³/mol. The van der Waals surface area contributed by atoms with Crippen molar-refractivity contribution >= 4 is 39.5 Å². The highest BCUT2D eigenvalue weighted by Crippen LogP contribution is 2.33. The Bertz CT molecular complexity index is 728. The van der Waals surface area contributed by atoms with E-state index in [0.717, 1.165) is 30.3 Å². The summed E-state index contributed by atoms with van der Waals surface area (Å²) in [4.78, 5) is 2.20. The van der Waals surface area contributed by atoms with Gasteiger partial charge in [-0.3, -0.25) is 0 Å². The zero-order valence-corrected chi connectivity index (χ0v) is 14.2. The third kappa shape index (κ3) is 3.43. The van der Waals surface area contributed by atoms with Crippen LogP contribution in [0.3, 0.4) is 0 Å². The molecule has 1 aromatic carbocycles. The number of nitriles is 1. The highest BCUT2D eigenvalue weighted by atomic mass is 35.5. The molecule has 1 aromatic heterocycles. The number of rotatable bonds is 5. The molecule has 0 amide bonds. The van der Waals surface area contributed by atoms with Crippen molar-refractivity contribution in [3.05, 3.63) is 34.5 Å². The molecule has 0 atom stereocenters. The minimum atomic E-state index is 0.463. The first-order valence-corrected chi connectivity index (χ1v) is 8.08. The third-order valence-corrected chi connectivity index (χ3v) is 4.39.